The number of anilines is 3. The number of halogens is 1. The normalized spacial score (nSPS) is 10.2. The van der Waals surface area contributed by atoms with Gasteiger partial charge in [-0.3, -0.25) is 0 Å². The fourth-order valence-electron chi connectivity index (χ4n) is 1.74. The fourth-order valence-corrected chi connectivity index (χ4v) is 2.18. The van der Waals surface area contributed by atoms with Crippen molar-refractivity contribution in [1.82, 2.24) is 9.97 Å². The van der Waals surface area contributed by atoms with Crippen LogP contribution in [0.2, 0.25) is 0 Å². The largest absolute Gasteiger partial charge is 0.494 e. The van der Waals surface area contributed by atoms with Gasteiger partial charge in [-0.05, 0) is 53.5 Å². The van der Waals surface area contributed by atoms with E-state index in [4.69, 9.17) is 4.74 Å². The lowest BCUT2D eigenvalue weighted by molar-refractivity contribution is 0.317. The Kier molecular flexibility index (Phi) is 5.80. The molecule has 1 aromatic heterocycles. The van der Waals surface area contributed by atoms with E-state index >= 15 is 0 Å². The minimum atomic E-state index is 0.725. The summed E-state index contributed by atoms with van der Waals surface area (Å²) >= 11 is 3.51. The van der Waals surface area contributed by atoms with Crippen LogP contribution in [0.3, 0.4) is 0 Å². The molecule has 0 aliphatic heterocycles. The van der Waals surface area contributed by atoms with Gasteiger partial charge in [0.25, 0.3) is 0 Å². The van der Waals surface area contributed by atoms with Crippen LogP contribution in [0.5, 0.6) is 5.75 Å². The summed E-state index contributed by atoms with van der Waals surface area (Å²) in [5.74, 6) is 2.37. The van der Waals surface area contributed by atoms with Crippen molar-refractivity contribution >= 4 is 33.3 Å². The number of nitrogens with zero attached hydrogens (tertiary/aromatic N) is 2. The van der Waals surface area contributed by atoms with E-state index < -0.39 is 0 Å². The first kappa shape index (κ1) is 15.6. The van der Waals surface area contributed by atoms with E-state index in [1.54, 1.807) is 0 Å². The van der Waals surface area contributed by atoms with E-state index in [2.05, 4.69) is 43.5 Å². The molecule has 0 bridgehead atoms. The summed E-state index contributed by atoms with van der Waals surface area (Å²) in [6, 6.07) is 7.81. The SMILES string of the molecule is CCCOc1ccc(Nc2ncnc(NCC)c2Br)cc1. The van der Waals surface area contributed by atoms with Crippen LogP contribution in [-0.2, 0) is 0 Å². The molecule has 2 rings (SSSR count). The van der Waals surface area contributed by atoms with Crippen molar-refractivity contribution in [3.63, 3.8) is 0 Å². The first-order chi connectivity index (χ1) is 10.2. The first-order valence-corrected chi connectivity index (χ1v) is 7.78. The van der Waals surface area contributed by atoms with Crippen LogP contribution < -0.4 is 15.4 Å². The molecule has 0 amide bonds. The lowest BCUT2D eigenvalue weighted by Gasteiger charge is -2.11. The maximum atomic E-state index is 5.56. The highest BCUT2D eigenvalue weighted by Crippen LogP contribution is 2.29. The van der Waals surface area contributed by atoms with Crippen LogP contribution in [0.4, 0.5) is 17.3 Å². The Hall–Kier alpha value is -1.82. The van der Waals surface area contributed by atoms with Gasteiger partial charge in [-0.2, -0.15) is 0 Å². The number of benzene rings is 1. The summed E-state index contributed by atoms with van der Waals surface area (Å²) in [4.78, 5) is 8.44. The van der Waals surface area contributed by atoms with Crippen LogP contribution in [0.15, 0.2) is 35.1 Å². The second kappa shape index (κ2) is 7.83. The lowest BCUT2D eigenvalue weighted by atomic mass is 10.3. The second-order valence-corrected chi connectivity index (χ2v) is 5.21. The predicted molar refractivity (Wildman–Crippen MR) is 89.4 cm³/mol. The molecule has 1 aromatic carbocycles. The Labute approximate surface area is 133 Å². The third kappa shape index (κ3) is 4.32. The van der Waals surface area contributed by atoms with Crippen molar-refractivity contribution in [3.8, 4) is 5.75 Å². The van der Waals surface area contributed by atoms with E-state index in [9.17, 15) is 0 Å². The van der Waals surface area contributed by atoms with Gasteiger partial charge in [0.05, 0.1) is 6.61 Å². The molecule has 1 heterocycles. The number of hydrogen-bond donors (Lipinski definition) is 2. The zero-order valence-corrected chi connectivity index (χ0v) is 13.8. The Morgan fingerprint density at radius 3 is 2.48 bits per heavy atom. The molecule has 0 aliphatic rings. The summed E-state index contributed by atoms with van der Waals surface area (Å²) in [5.41, 5.74) is 0.945. The molecule has 0 unspecified atom stereocenters. The van der Waals surface area contributed by atoms with Crippen molar-refractivity contribution in [2.45, 2.75) is 20.3 Å². The standard InChI is InChI=1S/C15H19BrN4O/c1-3-9-21-12-7-5-11(6-8-12)20-15-13(16)14(17-4-2)18-10-19-15/h5-8,10H,3-4,9H2,1-2H3,(H2,17,18,19,20). The van der Waals surface area contributed by atoms with Gasteiger partial charge in [-0.15, -0.1) is 0 Å². The molecule has 0 saturated carbocycles. The molecule has 6 heteroatoms. The Morgan fingerprint density at radius 1 is 1.10 bits per heavy atom. The summed E-state index contributed by atoms with van der Waals surface area (Å²) in [7, 11) is 0. The molecule has 0 spiro atoms. The van der Waals surface area contributed by atoms with Gasteiger partial charge >= 0.3 is 0 Å². The molecule has 0 saturated heterocycles. The van der Waals surface area contributed by atoms with Gasteiger partial charge in [0.15, 0.2) is 0 Å². The molecular weight excluding hydrogens is 332 g/mol. The smallest absolute Gasteiger partial charge is 0.150 e. The molecule has 0 atom stereocenters. The summed E-state index contributed by atoms with van der Waals surface area (Å²) < 4.78 is 6.38. The summed E-state index contributed by atoms with van der Waals surface area (Å²) in [5, 5.41) is 6.44. The highest BCUT2D eigenvalue weighted by atomic mass is 79.9. The van der Waals surface area contributed by atoms with Crippen molar-refractivity contribution in [3.05, 3.63) is 35.1 Å². The summed E-state index contributed by atoms with van der Waals surface area (Å²) in [6.45, 7) is 5.65. The molecule has 2 N–H and O–H groups in total. The number of nitrogens with one attached hydrogen (secondary N) is 2. The van der Waals surface area contributed by atoms with Gasteiger partial charge in [0.2, 0.25) is 0 Å². The molecule has 0 aliphatic carbocycles. The van der Waals surface area contributed by atoms with Crippen molar-refractivity contribution in [2.24, 2.45) is 0 Å². The van der Waals surface area contributed by atoms with E-state index in [0.717, 1.165) is 47.1 Å². The Morgan fingerprint density at radius 2 is 1.81 bits per heavy atom. The molecule has 112 valence electrons. The Balaban J connectivity index is 2.09. The molecule has 21 heavy (non-hydrogen) atoms. The zero-order chi connectivity index (χ0) is 15.1. The zero-order valence-electron chi connectivity index (χ0n) is 12.2. The average Bonchev–Trinajstić information content (AvgIpc) is 2.51. The predicted octanol–water partition coefficient (Wildman–Crippen LogP) is 4.20. The molecule has 5 nitrogen and oxygen atoms in total. The Bertz CT molecular complexity index is 574. The van der Waals surface area contributed by atoms with Crippen molar-refractivity contribution < 1.29 is 4.74 Å². The first-order valence-electron chi connectivity index (χ1n) is 6.98. The maximum Gasteiger partial charge on any atom is 0.150 e. The van der Waals surface area contributed by atoms with Crippen LogP contribution >= 0.6 is 15.9 Å². The van der Waals surface area contributed by atoms with Crippen molar-refractivity contribution in [2.75, 3.05) is 23.8 Å². The van der Waals surface area contributed by atoms with Gasteiger partial charge in [0, 0.05) is 12.2 Å². The van der Waals surface area contributed by atoms with Crippen LogP contribution in [0.25, 0.3) is 0 Å². The molecule has 0 fully saturated rings. The van der Waals surface area contributed by atoms with E-state index in [-0.39, 0.29) is 0 Å². The van der Waals surface area contributed by atoms with Crippen molar-refractivity contribution in [1.29, 1.82) is 0 Å². The van der Waals surface area contributed by atoms with E-state index in [1.807, 2.05) is 31.2 Å². The van der Waals surface area contributed by atoms with Crippen LogP contribution in [0.1, 0.15) is 20.3 Å². The third-order valence-corrected chi connectivity index (χ3v) is 3.47. The molecule has 0 radical (unpaired) electrons. The van der Waals surface area contributed by atoms with E-state index in [1.165, 1.54) is 6.33 Å². The second-order valence-electron chi connectivity index (χ2n) is 4.41. The number of hydrogen-bond acceptors (Lipinski definition) is 5. The third-order valence-electron chi connectivity index (χ3n) is 2.72. The number of aromatic nitrogens is 2. The topological polar surface area (TPSA) is 59.1 Å². The van der Waals surface area contributed by atoms with Crippen LogP contribution in [0, 0.1) is 0 Å². The quantitative estimate of drug-likeness (QED) is 0.783. The minimum Gasteiger partial charge on any atom is -0.494 e. The monoisotopic (exact) mass is 350 g/mol. The molecule has 2 aromatic rings. The lowest BCUT2D eigenvalue weighted by Crippen LogP contribution is -2.03. The highest BCUT2D eigenvalue weighted by molar-refractivity contribution is 9.10. The highest BCUT2D eigenvalue weighted by Gasteiger charge is 2.08. The fraction of sp³-hybridized carbons (Fsp3) is 0.333. The average molecular weight is 351 g/mol. The van der Waals surface area contributed by atoms with E-state index in [0.29, 0.717) is 0 Å². The summed E-state index contributed by atoms with van der Waals surface area (Å²) in [6.07, 6.45) is 2.53. The minimum absolute atomic E-state index is 0.725. The number of ether oxygens (including phenoxy) is 1. The molecular formula is C15H19BrN4O. The van der Waals surface area contributed by atoms with Gasteiger partial charge in [0.1, 0.15) is 28.2 Å². The number of rotatable bonds is 7. The van der Waals surface area contributed by atoms with Gasteiger partial charge in [-0.1, -0.05) is 6.92 Å². The van der Waals surface area contributed by atoms with Gasteiger partial charge in [-0.25, -0.2) is 9.97 Å². The van der Waals surface area contributed by atoms with Crippen LogP contribution in [-0.4, -0.2) is 23.1 Å². The van der Waals surface area contributed by atoms with Gasteiger partial charge < -0.3 is 15.4 Å². The maximum absolute atomic E-state index is 5.56.